The number of hydrogen-bond donors (Lipinski definition) is 0. The van der Waals surface area contributed by atoms with Crippen LogP contribution in [0.15, 0.2) is 72.8 Å². The number of methoxy groups -OCH3 is 3. The first kappa shape index (κ1) is 18.3. The van der Waals surface area contributed by atoms with Gasteiger partial charge in [0.1, 0.15) is 0 Å². The highest BCUT2D eigenvalue weighted by atomic mass is 16.5. The lowest BCUT2D eigenvalue weighted by molar-refractivity contribution is 0.356. The van der Waals surface area contributed by atoms with Crippen molar-refractivity contribution >= 4 is 32.3 Å². The van der Waals surface area contributed by atoms with Gasteiger partial charge in [0.25, 0.3) is 0 Å². The molecule has 148 valence electrons. The molecule has 0 amide bonds. The Hall–Kier alpha value is -3.79. The lowest BCUT2D eigenvalue weighted by Crippen LogP contribution is -1.96. The summed E-state index contributed by atoms with van der Waals surface area (Å²) in [6, 6.07) is 24.9. The number of pyridine rings is 1. The lowest BCUT2D eigenvalue weighted by atomic mass is 9.92. The average molecular weight is 395 g/mol. The minimum Gasteiger partial charge on any atom is -0.493 e. The summed E-state index contributed by atoms with van der Waals surface area (Å²) < 4.78 is 16.7. The van der Waals surface area contributed by atoms with Gasteiger partial charge in [0, 0.05) is 17.0 Å². The topological polar surface area (TPSA) is 40.6 Å². The van der Waals surface area contributed by atoms with Crippen molar-refractivity contribution in [1.82, 2.24) is 4.98 Å². The molecular formula is C26H21NO3. The Balaban J connectivity index is 1.99. The Morgan fingerprint density at radius 1 is 0.567 bits per heavy atom. The van der Waals surface area contributed by atoms with Crippen molar-refractivity contribution in [3.8, 4) is 28.6 Å². The van der Waals surface area contributed by atoms with Crippen LogP contribution in [0.25, 0.3) is 43.6 Å². The maximum Gasteiger partial charge on any atom is 0.214 e. The van der Waals surface area contributed by atoms with E-state index < -0.39 is 0 Å². The van der Waals surface area contributed by atoms with Crippen LogP contribution in [0.3, 0.4) is 0 Å². The Kier molecular flexibility index (Phi) is 4.40. The molecule has 4 aromatic carbocycles. The van der Waals surface area contributed by atoms with Gasteiger partial charge in [0.15, 0.2) is 11.5 Å². The molecule has 1 aromatic heterocycles. The quantitative estimate of drug-likeness (QED) is 0.338. The van der Waals surface area contributed by atoms with Crippen LogP contribution in [-0.4, -0.2) is 26.3 Å². The summed E-state index contributed by atoms with van der Waals surface area (Å²) in [6.07, 6.45) is 0. The monoisotopic (exact) mass is 395 g/mol. The second-order valence-electron chi connectivity index (χ2n) is 7.14. The summed E-state index contributed by atoms with van der Waals surface area (Å²) in [4.78, 5) is 4.90. The fourth-order valence-corrected chi connectivity index (χ4v) is 4.12. The van der Waals surface area contributed by atoms with E-state index >= 15 is 0 Å². The van der Waals surface area contributed by atoms with Gasteiger partial charge in [-0.25, -0.2) is 4.98 Å². The van der Waals surface area contributed by atoms with Crippen LogP contribution in [0.4, 0.5) is 0 Å². The Bertz CT molecular complexity index is 1350. The highest BCUT2D eigenvalue weighted by Gasteiger charge is 2.18. The molecule has 0 radical (unpaired) electrons. The molecule has 0 N–H and O–H groups in total. The molecule has 4 nitrogen and oxygen atoms in total. The highest BCUT2D eigenvalue weighted by molar-refractivity contribution is 6.16. The molecular weight excluding hydrogens is 374 g/mol. The minimum absolute atomic E-state index is 0.557. The molecule has 0 aliphatic heterocycles. The summed E-state index contributed by atoms with van der Waals surface area (Å²) >= 11 is 0. The Labute approximate surface area is 174 Å². The fraction of sp³-hybridized carbons (Fsp3) is 0.115. The molecule has 0 spiro atoms. The zero-order valence-corrected chi connectivity index (χ0v) is 17.1. The standard InChI is InChI=1S/C26H21NO3/c1-28-22-13-18-14-24(30-3)27-26(21(18)15-23(22)29-2)25-19-10-6-4-8-16(19)12-17-9-5-7-11-20(17)25/h4-15H,1-3H3. The number of aromatic nitrogens is 1. The van der Waals surface area contributed by atoms with E-state index in [9.17, 15) is 0 Å². The van der Waals surface area contributed by atoms with Gasteiger partial charge in [-0.3, -0.25) is 0 Å². The third-order valence-electron chi connectivity index (χ3n) is 5.53. The smallest absolute Gasteiger partial charge is 0.214 e. The SMILES string of the molecule is COc1cc2cc(OC)c(OC)cc2c(-c2c3ccccc3cc3ccccc23)n1. The van der Waals surface area contributed by atoms with E-state index in [4.69, 9.17) is 19.2 Å². The normalized spacial score (nSPS) is 11.2. The summed E-state index contributed by atoms with van der Waals surface area (Å²) in [6.45, 7) is 0. The van der Waals surface area contributed by atoms with E-state index in [-0.39, 0.29) is 0 Å². The lowest BCUT2D eigenvalue weighted by Gasteiger charge is -2.16. The number of benzene rings is 4. The maximum atomic E-state index is 5.58. The van der Waals surface area contributed by atoms with Crippen molar-refractivity contribution in [3.63, 3.8) is 0 Å². The third-order valence-corrected chi connectivity index (χ3v) is 5.53. The van der Waals surface area contributed by atoms with Crippen LogP contribution in [0, 0.1) is 0 Å². The molecule has 30 heavy (non-hydrogen) atoms. The van der Waals surface area contributed by atoms with Crippen LogP contribution in [0.2, 0.25) is 0 Å². The van der Waals surface area contributed by atoms with Gasteiger partial charge in [-0.05, 0) is 45.1 Å². The molecule has 5 rings (SSSR count). The highest BCUT2D eigenvalue weighted by Crippen LogP contribution is 2.42. The van der Waals surface area contributed by atoms with E-state index in [2.05, 4.69) is 54.6 Å². The maximum absolute atomic E-state index is 5.58. The predicted molar refractivity (Wildman–Crippen MR) is 122 cm³/mol. The second-order valence-corrected chi connectivity index (χ2v) is 7.14. The molecule has 0 unspecified atom stereocenters. The van der Waals surface area contributed by atoms with Gasteiger partial charge in [-0.2, -0.15) is 0 Å². The molecule has 0 bridgehead atoms. The average Bonchev–Trinajstić information content (AvgIpc) is 2.80. The van der Waals surface area contributed by atoms with Crippen LogP contribution >= 0.6 is 0 Å². The number of ether oxygens (including phenoxy) is 3. The molecule has 1 heterocycles. The van der Waals surface area contributed by atoms with E-state index in [1.165, 1.54) is 10.8 Å². The first-order chi connectivity index (χ1) is 14.7. The molecule has 5 aromatic rings. The predicted octanol–water partition coefficient (Wildman–Crippen LogP) is 6.23. The van der Waals surface area contributed by atoms with Gasteiger partial charge in [-0.1, -0.05) is 48.5 Å². The number of hydrogen-bond acceptors (Lipinski definition) is 4. The zero-order chi connectivity index (χ0) is 20.7. The van der Waals surface area contributed by atoms with Crippen LogP contribution < -0.4 is 14.2 Å². The van der Waals surface area contributed by atoms with Gasteiger partial charge in [0.2, 0.25) is 5.88 Å². The molecule has 0 aliphatic rings. The van der Waals surface area contributed by atoms with Crippen LogP contribution in [-0.2, 0) is 0 Å². The van der Waals surface area contributed by atoms with Crippen LogP contribution in [0.1, 0.15) is 0 Å². The number of nitrogens with zero attached hydrogens (tertiary/aromatic N) is 1. The first-order valence-electron chi connectivity index (χ1n) is 9.75. The third kappa shape index (κ3) is 2.80. The second kappa shape index (κ2) is 7.23. The van der Waals surface area contributed by atoms with E-state index in [1.54, 1.807) is 21.3 Å². The van der Waals surface area contributed by atoms with Gasteiger partial charge in [0.05, 0.1) is 27.0 Å². The number of rotatable bonds is 4. The molecule has 4 heteroatoms. The summed E-state index contributed by atoms with van der Waals surface area (Å²) in [5.74, 6) is 1.90. The molecule has 0 aliphatic carbocycles. The molecule has 0 fully saturated rings. The molecule has 0 atom stereocenters. The van der Waals surface area contributed by atoms with Crippen molar-refractivity contribution in [2.75, 3.05) is 21.3 Å². The number of fused-ring (bicyclic) bond motifs is 3. The minimum atomic E-state index is 0.557. The summed E-state index contributed by atoms with van der Waals surface area (Å²) in [5, 5.41) is 6.59. The molecule has 0 saturated carbocycles. The van der Waals surface area contributed by atoms with Gasteiger partial charge in [-0.15, -0.1) is 0 Å². The Morgan fingerprint density at radius 3 is 1.77 bits per heavy atom. The molecule has 0 saturated heterocycles. The summed E-state index contributed by atoms with van der Waals surface area (Å²) in [5.41, 5.74) is 1.94. The van der Waals surface area contributed by atoms with E-state index in [0.717, 1.165) is 32.8 Å². The first-order valence-corrected chi connectivity index (χ1v) is 9.75. The largest absolute Gasteiger partial charge is 0.493 e. The van der Waals surface area contributed by atoms with Crippen molar-refractivity contribution in [3.05, 3.63) is 72.8 Å². The zero-order valence-electron chi connectivity index (χ0n) is 17.1. The fourth-order valence-electron chi connectivity index (χ4n) is 4.12. The summed E-state index contributed by atoms with van der Waals surface area (Å²) in [7, 11) is 4.93. The van der Waals surface area contributed by atoms with Crippen molar-refractivity contribution in [2.24, 2.45) is 0 Å². The van der Waals surface area contributed by atoms with Crippen molar-refractivity contribution < 1.29 is 14.2 Å². The van der Waals surface area contributed by atoms with Crippen LogP contribution in [0.5, 0.6) is 17.4 Å². The van der Waals surface area contributed by atoms with Gasteiger partial charge < -0.3 is 14.2 Å². The van der Waals surface area contributed by atoms with E-state index in [1.807, 2.05) is 18.2 Å². The van der Waals surface area contributed by atoms with Gasteiger partial charge >= 0.3 is 0 Å². The van der Waals surface area contributed by atoms with E-state index in [0.29, 0.717) is 17.4 Å². The van der Waals surface area contributed by atoms with Crippen molar-refractivity contribution in [1.29, 1.82) is 0 Å². The Morgan fingerprint density at radius 2 is 1.17 bits per heavy atom. The van der Waals surface area contributed by atoms with Crippen molar-refractivity contribution in [2.45, 2.75) is 0 Å².